The molecule has 8 rings (SSSR count). The van der Waals surface area contributed by atoms with Gasteiger partial charge < -0.3 is 41.3 Å². The van der Waals surface area contributed by atoms with Crippen LogP contribution in [0.15, 0.2) is 53.7 Å². The van der Waals surface area contributed by atoms with Crippen LogP contribution in [0.1, 0.15) is 80.9 Å². The minimum Gasteiger partial charge on any atom is -0.476 e. The summed E-state index contributed by atoms with van der Waals surface area (Å²) >= 11 is 1.54. The molecule has 310 valence electrons. The van der Waals surface area contributed by atoms with Gasteiger partial charge in [0.25, 0.3) is 0 Å². The molecule has 5 unspecified atom stereocenters. The van der Waals surface area contributed by atoms with Gasteiger partial charge in [-0.2, -0.15) is 0 Å². The van der Waals surface area contributed by atoms with E-state index in [4.69, 9.17) is 15.5 Å². The number of hydrogen-bond acceptors (Lipinski definition) is 14. The van der Waals surface area contributed by atoms with Gasteiger partial charge in [0.15, 0.2) is 22.5 Å². The van der Waals surface area contributed by atoms with Crippen molar-refractivity contribution >= 4 is 61.4 Å². The third kappa shape index (κ3) is 8.88. The van der Waals surface area contributed by atoms with Crippen LogP contribution >= 0.6 is 11.3 Å². The number of anilines is 4. The molecule has 58 heavy (non-hydrogen) atoms. The van der Waals surface area contributed by atoms with Gasteiger partial charge in [0.05, 0.1) is 22.4 Å². The quantitative estimate of drug-likeness (QED) is 0.0510. The lowest BCUT2D eigenvalue weighted by Crippen LogP contribution is -2.53. The average Bonchev–Trinajstić information content (AvgIpc) is 3.54. The number of carboxylic acid groups (broad SMARTS) is 1. The molecule has 4 aliphatic carbocycles. The summed E-state index contributed by atoms with van der Waals surface area (Å²) in [6.07, 6.45) is 7.91. The van der Waals surface area contributed by atoms with Crippen LogP contribution in [0.2, 0.25) is 0 Å². The maximum atomic E-state index is 12.7. The molecule has 3 aromatic heterocycles. The summed E-state index contributed by atoms with van der Waals surface area (Å²) in [5.74, 6) is 0.961. The second-order valence-electron chi connectivity index (χ2n) is 17.5. The summed E-state index contributed by atoms with van der Waals surface area (Å²) in [6.45, 7) is 11.0. The number of fused-ring (bicyclic) bond motifs is 2. The zero-order valence-electron chi connectivity index (χ0n) is 34.2. The lowest BCUT2D eigenvalue weighted by atomic mass is 9.53. The molecule has 4 aromatic rings. The van der Waals surface area contributed by atoms with Crippen LogP contribution in [0.25, 0.3) is 15.8 Å². The molecular formula is C43H57N9O5S. The average molecular weight is 812 g/mol. The van der Waals surface area contributed by atoms with Crippen LogP contribution in [0, 0.1) is 35.5 Å². The number of aliphatic hydroxyl groups is 2. The Kier molecular flexibility index (Phi) is 12.2. The fourth-order valence-electron chi connectivity index (χ4n) is 10.4. The van der Waals surface area contributed by atoms with E-state index in [1.165, 1.54) is 24.0 Å². The Hall–Kier alpha value is -4.54. The highest BCUT2D eigenvalue weighted by Gasteiger charge is 2.60. The van der Waals surface area contributed by atoms with Gasteiger partial charge in [-0.3, -0.25) is 4.99 Å². The van der Waals surface area contributed by atoms with E-state index < -0.39 is 5.97 Å². The lowest BCUT2D eigenvalue weighted by Gasteiger charge is -2.56. The van der Waals surface area contributed by atoms with E-state index in [9.17, 15) is 20.1 Å². The number of rotatable bonds is 17. The van der Waals surface area contributed by atoms with Gasteiger partial charge in [-0.15, -0.1) is 10.2 Å². The molecule has 4 aliphatic rings. The number of benzene rings is 1. The zero-order valence-corrected chi connectivity index (χ0v) is 35.0. The summed E-state index contributed by atoms with van der Waals surface area (Å²) in [7, 11) is 1.77. The number of aryl methyl sites for hydroxylation is 1. The van der Waals surface area contributed by atoms with Crippen molar-refractivity contribution in [3.05, 3.63) is 65.5 Å². The number of ether oxygens (including phenoxy) is 1. The Balaban J connectivity index is 1.04. The number of aromatic carboxylic acids is 1. The second-order valence-corrected chi connectivity index (χ2v) is 18.6. The first kappa shape index (κ1) is 41.6. The number of carbonyl (C=O) groups is 1. The van der Waals surface area contributed by atoms with E-state index in [2.05, 4.69) is 44.6 Å². The summed E-state index contributed by atoms with van der Waals surface area (Å²) in [5.41, 5.74) is 9.61. The summed E-state index contributed by atoms with van der Waals surface area (Å²) in [4.78, 5) is 28.8. The number of nitrogens with two attached hydrogens (primary N) is 1. The predicted molar refractivity (Wildman–Crippen MR) is 229 cm³/mol. The minimum atomic E-state index is -1.17. The maximum Gasteiger partial charge on any atom is 0.355 e. The Morgan fingerprint density at radius 2 is 1.83 bits per heavy atom. The minimum absolute atomic E-state index is 0.0436. The molecular weight excluding hydrogens is 755 g/mol. The standard InChI is InChI=1S/C43H57N9O5S/c1-26-14-36(50-51-38(26)49-40-47-33-8-6-7-9-34(33)58-40)52(5)35-11-10-31(37(48-35)39(55)56)32(18-44)27(2)46-20-30-16-42(4)23-41(3)15-29(30)17-43(24-41,25-42)57-13-12-45-19-28(21-53)22-54/h6-11,14,18,28-30,45,53-54H,12-13,15-17,19-25,44H2,1-5H3,(H,55,56)(H,47,49,51)/b32-18+,46-27?. The van der Waals surface area contributed by atoms with Gasteiger partial charge in [0, 0.05) is 68.9 Å². The Morgan fingerprint density at radius 1 is 1.07 bits per heavy atom. The van der Waals surface area contributed by atoms with Crippen LogP contribution in [0.3, 0.4) is 0 Å². The third-order valence-corrected chi connectivity index (χ3v) is 13.4. The fraction of sp³-hybridized carbons (Fsp3) is 0.535. The second kappa shape index (κ2) is 17.0. The molecule has 0 aliphatic heterocycles. The first-order valence-corrected chi connectivity index (χ1v) is 21.0. The van der Waals surface area contributed by atoms with Crippen LogP contribution in [-0.2, 0) is 4.74 Å². The Labute approximate surface area is 344 Å². The molecule has 4 fully saturated rings. The van der Waals surface area contributed by atoms with Crippen LogP contribution in [0.4, 0.5) is 22.6 Å². The third-order valence-electron chi connectivity index (χ3n) is 12.5. The predicted octanol–water partition coefficient (Wildman–Crippen LogP) is 6.33. The smallest absolute Gasteiger partial charge is 0.355 e. The summed E-state index contributed by atoms with van der Waals surface area (Å²) in [5, 5.41) is 45.4. The number of nitrogens with zero attached hydrogens (tertiary/aromatic N) is 6. The maximum absolute atomic E-state index is 12.7. The normalized spacial score (nSPS) is 25.7. The van der Waals surface area contributed by atoms with Crippen LogP contribution < -0.4 is 21.3 Å². The van der Waals surface area contributed by atoms with E-state index in [0.29, 0.717) is 72.4 Å². The van der Waals surface area contributed by atoms with Gasteiger partial charge in [-0.05, 0) is 111 Å². The Morgan fingerprint density at radius 3 is 2.53 bits per heavy atom. The van der Waals surface area contributed by atoms with Crippen molar-refractivity contribution < 1.29 is 24.9 Å². The molecule has 0 spiro atoms. The molecule has 15 heteroatoms. The van der Waals surface area contributed by atoms with Gasteiger partial charge in [-0.1, -0.05) is 37.3 Å². The number of aliphatic hydroxyl groups excluding tert-OH is 2. The number of carboxylic acids is 1. The van der Waals surface area contributed by atoms with Gasteiger partial charge in [0.2, 0.25) is 0 Å². The van der Waals surface area contributed by atoms with Gasteiger partial charge in [0.1, 0.15) is 5.82 Å². The summed E-state index contributed by atoms with van der Waals surface area (Å²) in [6, 6.07) is 13.3. The molecule has 14 nitrogen and oxygen atoms in total. The molecule has 4 saturated carbocycles. The van der Waals surface area contributed by atoms with E-state index in [0.717, 1.165) is 53.0 Å². The SMILES string of the molecule is CC(=NCC1CC2(C)CC3(C)CC1CC(OCCNCC(CO)CO)(C2)C3)/C(=C\N)c1ccc(N(C)c2cc(C)c(Nc3nc4ccccc4s3)nn2)nc1C(=O)O. The molecule has 3 heterocycles. The van der Waals surface area contributed by atoms with E-state index in [1.54, 1.807) is 24.1 Å². The number of allylic oxidation sites excluding steroid dienone is 1. The number of hydrogen-bond donors (Lipinski definition) is 6. The monoisotopic (exact) mass is 811 g/mol. The Bertz CT molecular complexity index is 2160. The largest absolute Gasteiger partial charge is 0.476 e. The van der Waals surface area contributed by atoms with E-state index in [-0.39, 0.29) is 41.3 Å². The number of aromatic nitrogens is 4. The fourth-order valence-corrected chi connectivity index (χ4v) is 11.3. The van der Waals surface area contributed by atoms with Gasteiger partial charge >= 0.3 is 5.97 Å². The highest BCUT2D eigenvalue weighted by Crippen LogP contribution is 2.66. The van der Waals surface area contributed by atoms with Crippen LogP contribution in [0.5, 0.6) is 0 Å². The number of aliphatic imine (C=N–C) groups is 1. The number of thiazole rings is 1. The molecule has 0 radical (unpaired) electrons. The van der Waals surface area contributed by atoms with E-state index >= 15 is 0 Å². The van der Waals surface area contributed by atoms with Crippen molar-refractivity contribution in [2.45, 2.75) is 71.8 Å². The van der Waals surface area contributed by atoms with Crippen molar-refractivity contribution in [2.24, 2.45) is 39.3 Å². The topological polar surface area (TPSA) is 204 Å². The molecule has 4 bridgehead atoms. The van der Waals surface area contributed by atoms with Crippen molar-refractivity contribution in [1.29, 1.82) is 0 Å². The molecule has 1 aromatic carbocycles. The molecule has 0 amide bonds. The van der Waals surface area contributed by atoms with Crippen molar-refractivity contribution in [3.8, 4) is 0 Å². The molecule has 0 saturated heterocycles. The zero-order chi connectivity index (χ0) is 41.2. The summed E-state index contributed by atoms with van der Waals surface area (Å²) < 4.78 is 7.87. The first-order valence-electron chi connectivity index (χ1n) is 20.2. The number of nitrogens with one attached hydrogen (secondary N) is 2. The van der Waals surface area contributed by atoms with E-state index in [1.807, 2.05) is 44.2 Å². The van der Waals surface area contributed by atoms with Gasteiger partial charge in [-0.25, -0.2) is 14.8 Å². The van der Waals surface area contributed by atoms with Crippen LogP contribution in [-0.4, -0.2) is 99.3 Å². The highest BCUT2D eigenvalue weighted by atomic mass is 32.1. The molecule has 7 N–H and O–H groups in total. The first-order chi connectivity index (χ1) is 27.7. The highest BCUT2D eigenvalue weighted by molar-refractivity contribution is 7.22. The van der Waals surface area contributed by atoms with Crippen molar-refractivity contribution in [1.82, 2.24) is 25.5 Å². The number of pyridine rings is 1. The lowest BCUT2D eigenvalue weighted by molar-refractivity contribution is -0.163. The number of para-hydroxylation sites is 1. The van der Waals surface area contributed by atoms with Crippen molar-refractivity contribution in [3.63, 3.8) is 0 Å². The van der Waals surface area contributed by atoms with Crippen molar-refractivity contribution in [2.75, 3.05) is 56.7 Å². The molecule has 5 atom stereocenters.